The van der Waals surface area contributed by atoms with Crippen LogP contribution < -0.4 is 25.4 Å². The molecule has 0 aliphatic carbocycles. The Balaban J connectivity index is 0.00000544. The number of rotatable bonds is 10. The highest BCUT2D eigenvalue weighted by Crippen LogP contribution is 2.25. The van der Waals surface area contributed by atoms with Crippen molar-refractivity contribution in [2.75, 3.05) is 19.5 Å². The van der Waals surface area contributed by atoms with Crippen LogP contribution in [-0.2, 0) is 17.9 Å². The van der Waals surface area contributed by atoms with Crippen molar-refractivity contribution >= 4 is 41.5 Å². The normalized spacial score (nSPS) is 11.1. The molecule has 3 N–H and O–H groups in total. The Morgan fingerprint density at radius 3 is 2.45 bits per heavy atom. The van der Waals surface area contributed by atoms with E-state index in [9.17, 15) is 13.6 Å². The first-order valence-corrected chi connectivity index (χ1v) is 10.3. The fourth-order valence-electron chi connectivity index (χ4n) is 2.96. The Morgan fingerprint density at radius 1 is 1.09 bits per heavy atom. The predicted molar refractivity (Wildman–Crippen MR) is 137 cm³/mol. The second-order valence-corrected chi connectivity index (χ2v) is 7.48. The second kappa shape index (κ2) is 14.5. The molecule has 7 nitrogen and oxygen atoms in total. The molecule has 0 heterocycles. The smallest absolute Gasteiger partial charge is 0.387 e. The average molecular weight is 576 g/mol. The molecule has 2 aromatic carbocycles. The zero-order valence-electron chi connectivity index (χ0n) is 19.2. The minimum Gasteiger partial charge on any atom is -0.497 e. The van der Waals surface area contributed by atoms with E-state index in [0.29, 0.717) is 30.2 Å². The maximum absolute atomic E-state index is 12.7. The number of carbonyl (C=O) groups is 1. The van der Waals surface area contributed by atoms with Gasteiger partial charge in [-0.05, 0) is 41.8 Å². The molecule has 0 spiro atoms. The lowest BCUT2D eigenvalue weighted by Gasteiger charge is -2.16. The van der Waals surface area contributed by atoms with Crippen LogP contribution in [0.2, 0.25) is 0 Å². The molecule has 0 unspecified atom stereocenters. The molecule has 10 heteroatoms. The molecule has 2 rings (SSSR count). The molecule has 0 bridgehead atoms. The zero-order valence-corrected chi connectivity index (χ0v) is 21.5. The van der Waals surface area contributed by atoms with E-state index in [1.165, 1.54) is 13.2 Å². The summed E-state index contributed by atoms with van der Waals surface area (Å²) >= 11 is 0. The lowest BCUT2D eigenvalue weighted by atomic mass is 10.1. The maximum Gasteiger partial charge on any atom is 0.387 e. The second-order valence-electron chi connectivity index (χ2n) is 7.48. The average Bonchev–Trinajstić information content (AvgIpc) is 2.74. The quantitative estimate of drug-likeness (QED) is 0.216. The Bertz CT molecular complexity index is 926. The van der Waals surface area contributed by atoms with E-state index in [-0.39, 0.29) is 48.1 Å². The summed E-state index contributed by atoms with van der Waals surface area (Å²) in [5, 5.41) is 9.14. The summed E-state index contributed by atoms with van der Waals surface area (Å²) in [6.07, 6.45) is 0.459. The van der Waals surface area contributed by atoms with Crippen LogP contribution in [-0.4, -0.2) is 32.6 Å². The molecule has 0 atom stereocenters. The molecule has 0 aliphatic rings. The summed E-state index contributed by atoms with van der Waals surface area (Å²) in [5.41, 5.74) is 2.17. The first-order chi connectivity index (χ1) is 15.3. The van der Waals surface area contributed by atoms with Crippen LogP contribution in [0.25, 0.3) is 0 Å². The molecule has 0 aliphatic heterocycles. The molecule has 2 aromatic rings. The van der Waals surface area contributed by atoms with Gasteiger partial charge in [0.15, 0.2) is 5.96 Å². The number of nitrogens with zero attached hydrogens (tertiary/aromatic N) is 1. The number of halogens is 3. The van der Waals surface area contributed by atoms with Gasteiger partial charge in [0, 0.05) is 37.8 Å². The van der Waals surface area contributed by atoms with E-state index in [2.05, 4.69) is 25.7 Å². The molecular weight excluding hydrogens is 545 g/mol. The monoisotopic (exact) mass is 576 g/mol. The Morgan fingerprint density at radius 2 is 1.82 bits per heavy atom. The van der Waals surface area contributed by atoms with Crippen LogP contribution in [0.15, 0.2) is 47.5 Å². The van der Waals surface area contributed by atoms with Crippen molar-refractivity contribution in [1.82, 2.24) is 10.6 Å². The van der Waals surface area contributed by atoms with Crippen LogP contribution in [0.4, 0.5) is 14.5 Å². The number of amides is 1. The summed E-state index contributed by atoms with van der Waals surface area (Å²) in [4.78, 5) is 16.1. The first-order valence-electron chi connectivity index (χ1n) is 10.3. The van der Waals surface area contributed by atoms with Gasteiger partial charge in [0.05, 0.1) is 7.11 Å². The van der Waals surface area contributed by atoms with Crippen molar-refractivity contribution < 1.29 is 23.0 Å². The number of carbonyl (C=O) groups excluding carboxylic acids is 1. The fourth-order valence-corrected chi connectivity index (χ4v) is 2.96. The maximum atomic E-state index is 12.7. The van der Waals surface area contributed by atoms with Gasteiger partial charge in [-0.2, -0.15) is 8.78 Å². The number of hydrogen-bond donors (Lipinski definition) is 3. The van der Waals surface area contributed by atoms with Gasteiger partial charge in [-0.3, -0.25) is 9.79 Å². The number of ether oxygens (including phenoxy) is 2. The van der Waals surface area contributed by atoms with Crippen molar-refractivity contribution in [2.24, 2.45) is 10.9 Å². The first kappa shape index (κ1) is 28.4. The number of hydrogen-bond acceptors (Lipinski definition) is 4. The number of anilines is 1. The van der Waals surface area contributed by atoms with Crippen LogP contribution in [0.5, 0.6) is 11.5 Å². The highest BCUT2D eigenvalue weighted by atomic mass is 127. The Hall–Kier alpha value is -2.63. The summed E-state index contributed by atoms with van der Waals surface area (Å²) in [5.74, 6) is 1.33. The standard InChI is InChI=1S/C23H30F2N4O3.HI/c1-15(2)10-21(30)29-18-7-5-6-16(11-18)13-27-23(26-3)28-14-17-12-19(31-4)8-9-20(17)32-22(24)25;/h5-9,11-12,15,22H,10,13-14H2,1-4H3,(H,29,30)(H2,26,27,28);1H. The van der Waals surface area contributed by atoms with Crippen molar-refractivity contribution in [3.05, 3.63) is 53.6 Å². The van der Waals surface area contributed by atoms with Crippen LogP contribution >= 0.6 is 24.0 Å². The summed E-state index contributed by atoms with van der Waals surface area (Å²) in [6.45, 7) is 1.71. The van der Waals surface area contributed by atoms with Gasteiger partial charge in [-0.15, -0.1) is 24.0 Å². The lowest BCUT2D eigenvalue weighted by Crippen LogP contribution is -2.36. The van der Waals surface area contributed by atoms with Crippen LogP contribution in [0.1, 0.15) is 31.4 Å². The van der Waals surface area contributed by atoms with Gasteiger partial charge in [-0.25, -0.2) is 0 Å². The van der Waals surface area contributed by atoms with Gasteiger partial charge < -0.3 is 25.4 Å². The molecule has 182 valence electrons. The fraction of sp³-hybridized carbons (Fsp3) is 0.391. The topological polar surface area (TPSA) is 84.0 Å². The number of benzene rings is 2. The van der Waals surface area contributed by atoms with Crippen molar-refractivity contribution in [3.63, 3.8) is 0 Å². The van der Waals surface area contributed by atoms with Crippen molar-refractivity contribution in [2.45, 2.75) is 40.0 Å². The van der Waals surface area contributed by atoms with E-state index in [4.69, 9.17) is 4.74 Å². The molecule has 0 saturated heterocycles. The molecule has 0 fully saturated rings. The number of alkyl halides is 2. The van der Waals surface area contributed by atoms with Gasteiger partial charge in [0.1, 0.15) is 11.5 Å². The minimum atomic E-state index is -2.92. The molecule has 0 aromatic heterocycles. The summed E-state index contributed by atoms with van der Waals surface area (Å²) in [6, 6.07) is 12.1. The van der Waals surface area contributed by atoms with Gasteiger partial charge in [0.25, 0.3) is 0 Å². The minimum absolute atomic E-state index is 0. The summed E-state index contributed by atoms with van der Waals surface area (Å²) < 4.78 is 35.1. The number of aliphatic imine (C=N–C) groups is 1. The van der Waals surface area contributed by atoms with Crippen molar-refractivity contribution in [3.8, 4) is 11.5 Å². The van der Waals surface area contributed by atoms with Crippen molar-refractivity contribution in [1.29, 1.82) is 0 Å². The highest BCUT2D eigenvalue weighted by molar-refractivity contribution is 14.0. The number of guanidine groups is 1. The molecule has 1 amide bonds. The van der Waals surface area contributed by atoms with E-state index in [1.54, 1.807) is 19.2 Å². The molecule has 0 radical (unpaired) electrons. The third-order valence-corrected chi connectivity index (χ3v) is 4.42. The van der Waals surface area contributed by atoms with E-state index < -0.39 is 6.61 Å². The molecule has 0 saturated carbocycles. The van der Waals surface area contributed by atoms with E-state index in [1.807, 2.05) is 38.1 Å². The third-order valence-electron chi connectivity index (χ3n) is 4.42. The van der Waals surface area contributed by atoms with Crippen LogP contribution in [0, 0.1) is 5.92 Å². The van der Waals surface area contributed by atoms with E-state index in [0.717, 1.165) is 11.3 Å². The summed E-state index contributed by atoms with van der Waals surface area (Å²) in [7, 11) is 3.11. The third kappa shape index (κ3) is 10.2. The highest BCUT2D eigenvalue weighted by Gasteiger charge is 2.12. The number of methoxy groups -OCH3 is 1. The largest absolute Gasteiger partial charge is 0.497 e. The van der Waals surface area contributed by atoms with Gasteiger partial charge >= 0.3 is 6.61 Å². The SMILES string of the molecule is CN=C(NCc1cccc(NC(=O)CC(C)C)c1)NCc1cc(OC)ccc1OC(F)F.I. The Kier molecular flexibility index (Phi) is 12.5. The van der Waals surface area contributed by atoms with Gasteiger partial charge in [0.2, 0.25) is 5.91 Å². The van der Waals surface area contributed by atoms with Gasteiger partial charge in [-0.1, -0.05) is 26.0 Å². The van der Waals surface area contributed by atoms with E-state index >= 15 is 0 Å². The molecular formula is C23H31F2IN4O3. The van der Waals surface area contributed by atoms with Crippen LogP contribution in [0.3, 0.4) is 0 Å². The Labute approximate surface area is 210 Å². The lowest BCUT2D eigenvalue weighted by molar-refractivity contribution is -0.116. The predicted octanol–water partition coefficient (Wildman–Crippen LogP) is 4.76. The number of nitrogens with one attached hydrogen (secondary N) is 3. The molecule has 33 heavy (non-hydrogen) atoms. The zero-order chi connectivity index (χ0) is 23.5.